The fourth-order valence-corrected chi connectivity index (χ4v) is 3.90. The number of hydrogen-bond acceptors (Lipinski definition) is 5. The Morgan fingerprint density at radius 1 is 0.780 bits per heavy atom. The van der Waals surface area contributed by atoms with Gasteiger partial charge in [-0.25, -0.2) is 4.79 Å². The Kier molecular flexibility index (Phi) is 9.61. The molecule has 0 saturated heterocycles. The zero-order valence-corrected chi connectivity index (χ0v) is 21.7. The van der Waals surface area contributed by atoms with E-state index in [0.29, 0.717) is 17.0 Å². The number of ether oxygens (including phenoxy) is 2. The highest BCUT2D eigenvalue weighted by Gasteiger charge is 2.20. The molecule has 8 nitrogen and oxygen atoms in total. The van der Waals surface area contributed by atoms with Gasteiger partial charge >= 0.3 is 18.7 Å². The van der Waals surface area contributed by atoms with Crippen molar-refractivity contribution in [3.05, 3.63) is 114 Å². The zero-order valence-electron chi connectivity index (χ0n) is 21.7. The molecule has 0 fully saturated rings. The molecule has 4 aromatic rings. The van der Waals surface area contributed by atoms with Gasteiger partial charge in [0.25, 0.3) is 5.91 Å². The number of anilines is 1. The van der Waals surface area contributed by atoms with Gasteiger partial charge in [-0.15, -0.1) is 0 Å². The number of nitrogens with zero attached hydrogens (tertiary/aromatic N) is 1. The Morgan fingerprint density at radius 3 is 2.00 bits per heavy atom. The monoisotopic (exact) mass is 560 g/mol. The molecular formula is C31H26F2N2O6. The second-order valence-electron chi connectivity index (χ2n) is 8.81. The molecule has 0 radical (unpaired) electrons. The number of carbonyl (C=O) groups excluding carboxylic acids is 2. The normalized spacial score (nSPS) is 10.6. The zero-order chi connectivity index (χ0) is 29.2. The summed E-state index contributed by atoms with van der Waals surface area (Å²) in [6.45, 7) is -2.96. The molecule has 0 heterocycles. The predicted octanol–water partition coefficient (Wildman–Crippen LogP) is 6.37. The molecule has 0 aliphatic carbocycles. The molecule has 0 atom stereocenters. The van der Waals surface area contributed by atoms with Gasteiger partial charge in [0.1, 0.15) is 11.5 Å². The van der Waals surface area contributed by atoms with Crippen LogP contribution in [0.15, 0.2) is 103 Å². The van der Waals surface area contributed by atoms with E-state index >= 15 is 0 Å². The average Bonchev–Trinajstić information content (AvgIpc) is 2.97. The SMILES string of the molecule is O=C(O)CCNC(=O)c1ccc(N(Cc2ccc(OC(F)F)cc2)C(=O)Oc2ccc(-c3ccccc3)cc2)cc1. The van der Waals surface area contributed by atoms with Crippen molar-refractivity contribution in [3.63, 3.8) is 0 Å². The third-order valence-corrected chi connectivity index (χ3v) is 5.94. The van der Waals surface area contributed by atoms with Crippen LogP contribution in [0.5, 0.6) is 11.5 Å². The first-order valence-corrected chi connectivity index (χ1v) is 12.6. The molecule has 210 valence electrons. The number of carbonyl (C=O) groups is 3. The Hall–Kier alpha value is -5.25. The molecule has 0 bridgehead atoms. The van der Waals surface area contributed by atoms with Crippen LogP contribution >= 0.6 is 0 Å². The molecule has 2 amide bonds. The van der Waals surface area contributed by atoms with Crippen LogP contribution < -0.4 is 19.7 Å². The molecular weight excluding hydrogens is 534 g/mol. The van der Waals surface area contributed by atoms with Crippen molar-refractivity contribution in [3.8, 4) is 22.6 Å². The van der Waals surface area contributed by atoms with E-state index in [1.807, 2.05) is 42.5 Å². The van der Waals surface area contributed by atoms with Gasteiger partial charge in [0, 0.05) is 17.8 Å². The van der Waals surface area contributed by atoms with Crippen LogP contribution in [0.4, 0.5) is 19.3 Å². The van der Waals surface area contributed by atoms with E-state index in [1.54, 1.807) is 36.4 Å². The van der Waals surface area contributed by atoms with E-state index in [9.17, 15) is 23.2 Å². The lowest BCUT2D eigenvalue weighted by atomic mass is 10.1. The van der Waals surface area contributed by atoms with Crippen LogP contribution in [0.3, 0.4) is 0 Å². The fraction of sp³-hybridized carbons (Fsp3) is 0.129. The summed E-state index contributed by atoms with van der Waals surface area (Å²) in [6, 6.07) is 28.7. The first-order valence-electron chi connectivity index (χ1n) is 12.6. The van der Waals surface area contributed by atoms with E-state index < -0.39 is 24.6 Å². The first-order chi connectivity index (χ1) is 19.8. The van der Waals surface area contributed by atoms with Crippen molar-refractivity contribution >= 4 is 23.7 Å². The molecule has 0 saturated carbocycles. The third-order valence-electron chi connectivity index (χ3n) is 5.94. The fourth-order valence-electron chi connectivity index (χ4n) is 3.90. The second-order valence-corrected chi connectivity index (χ2v) is 8.81. The molecule has 0 unspecified atom stereocenters. The van der Waals surface area contributed by atoms with E-state index in [4.69, 9.17) is 9.84 Å². The van der Waals surface area contributed by atoms with Crippen molar-refractivity contribution < 1.29 is 37.7 Å². The summed E-state index contributed by atoms with van der Waals surface area (Å²) in [5, 5.41) is 11.3. The Morgan fingerprint density at radius 2 is 1.39 bits per heavy atom. The molecule has 4 aromatic carbocycles. The van der Waals surface area contributed by atoms with Crippen LogP contribution in [0.1, 0.15) is 22.3 Å². The summed E-state index contributed by atoms with van der Waals surface area (Å²) in [6.07, 6.45) is -0.916. The summed E-state index contributed by atoms with van der Waals surface area (Å²) in [5.41, 5.74) is 3.26. The van der Waals surface area contributed by atoms with Crippen molar-refractivity contribution in [1.29, 1.82) is 0 Å². The maximum atomic E-state index is 13.4. The summed E-state index contributed by atoms with van der Waals surface area (Å²) in [4.78, 5) is 37.7. The minimum atomic E-state index is -2.96. The summed E-state index contributed by atoms with van der Waals surface area (Å²) < 4.78 is 35.1. The third kappa shape index (κ3) is 8.37. The topological polar surface area (TPSA) is 105 Å². The van der Waals surface area contributed by atoms with E-state index in [-0.39, 0.29) is 30.8 Å². The number of halogens is 2. The van der Waals surface area contributed by atoms with Crippen molar-refractivity contribution in [2.24, 2.45) is 0 Å². The summed E-state index contributed by atoms with van der Waals surface area (Å²) in [7, 11) is 0. The molecule has 0 aliphatic rings. The highest BCUT2D eigenvalue weighted by molar-refractivity contribution is 5.95. The average molecular weight is 561 g/mol. The van der Waals surface area contributed by atoms with Gasteiger partial charge in [-0.3, -0.25) is 14.5 Å². The largest absolute Gasteiger partial charge is 0.481 e. The number of aliphatic carboxylic acids is 1. The van der Waals surface area contributed by atoms with Crippen molar-refractivity contribution in [1.82, 2.24) is 5.32 Å². The van der Waals surface area contributed by atoms with Gasteiger partial charge in [-0.2, -0.15) is 8.78 Å². The Bertz CT molecular complexity index is 1460. The molecule has 0 aromatic heterocycles. The van der Waals surface area contributed by atoms with Crippen molar-refractivity contribution in [2.75, 3.05) is 11.4 Å². The highest BCUT2D eigenvalue weighted by Crippen LogP contribution is 2.25. The van der Waals surface area contributed by atoms with Crippen LogP contribution in [0, 0.1) is 0 Å². The van der Waals surface area contributed by atoms with E-state index in [0.717, 1.165) is 11.1 Å². The minimum Gasteiger partial charge on any atom is -0.481 e. The minimum absolute atomic E-state index is 0.0188. The van der Waals surface area contributed by atoms with Crippen molar-refractivity contribution in [2.45, 2.75) is 19.6 Å². The number of nitrogens with one attached hydrogen (secondary N) is 1. The lowest BCUT2D eigenvalue weighted by Crippen LogP contribution is -2.33. The maximum absolute atomic E-state index is 13.4. The summed E-state index contributed by atoms with van der Waals surface area (Å²) >= 11 is 0. The number of amides is 2. The summed E-state index contributed by atoms with van der Waals surface area (Å²) in [5.74, 6) is -1.19. The predicted molar refractivity (Wildman–Crippen MR) is 148 cm³/mol. The second kappa shape index (κ2) is 13.7. The van der Waals surface area contributed by atoms with Gasteiger partial charge in [-0.05, 0) is 65.2 Å². The Labute approximate surface area is 234 Å². The van der Waals surface area contributed by atoms with Crippen LogP contribution in [0.2, 0.25) is 0 Å². The number of carboxylic acids is 1. The number of carboxylic acid groups (broad SMARTS) is 1. The van der Waals surface area contributed by atoms with E-state index in [1.165, 1.54) is 29.2 Å². The first kappa shape index (κ1) is 28.8. The smallest absolute Gasteiger partial charge is 0.420 e. The molecule has 4 rings (SSSR count). The maximum Gasteiger partial charge on any atom is 0.420 e. The van der Waals surface area contributed by atoms with Crippen LogP contribution in [0.25, 0.3) is 11.1 Å². The molecule has 0 aliphatic heterocycles. The van der Waals surface area contributed by atoms with Gasteiger partial charge in [0.2, 0.25) is 0 Å². The number of hydrogen-bond donors (Lipinski definition) is 2. The number of alkyl halides is 2. The van der Waals surface area contributed by atoms with Gasteiger partial charge < -0.3 is 19.9 Å². The molecule has 10 heteroatoms. The Balaban J connectivity index is 1.52. The van der Waals surface area contributed by atoms with E-state index in [2.05, 4.69) is 10.1 Å². The van der Waals surface area contributed by atoms with Gasteiger partial charge in [0.05, 0.1) is 13.0 Å². The van der Waals surface area contributed by atoms with Gasteiger partial charge in [0.15, 0.2) is 0 Å². The molecule has 2 N–H and O–H groups in total. The number of rotatable bonds is 11. The number of benzene rings is 4. The lowest BCUT2D eigenvalue weighted by molar-refractivity contribution is -0.136. The lowest BCUT2D eigenvalue weighted by Gasteiger charge is -2.23. The molecule has 41 heavy (non-hydrogen) atoms. The van der Waals surface area contributed by atoms with Crippen LogP contribution in [-0.2, 0) is 11.3 Å². The van der Waals surface area contributed by atoms with Crippen LogP contribution in [-0.4, -0.2) is 36.2 Å². The highest BCUT2D eigenvalue weighted by atomic mass is 19.3. The standard InChI is InChI=1S/C31H26F2N2O6/c32-30(33)40-26-14-6-21(7-15-26)20-35(25-12-8-24(9-13-25)29(38)34-19-18-28(36)37)31(39)41-27-16-10-23(11-17-27)22-4-2-1-3-5-22/h1-17,30H,18-20H2,(H,34,38)(H,36,37). The quantitative estimate of drug-likeness (QED) is 0.221. The molecule has 0 spiro atoms. The van der Waals surface area contributed by atoms with Gasteiger partial charge in [-0.1, -0.05) is 54.6 Å².